The van der Waals surface area contributed by atoms with Crippen molar-refractivity contribution in [3.63, 3.8) is 0 Å². The second-order valence-electron chi connectivity index (χ2n) is 4.80. The van der Waals surface area contributed by atoms with Crippen LogP contribution in [0, 0.1) is 0 Å². The molecule has 4 nitrogen and oxygen atoms in total. The highest BCUT2D eigenvalue weighted by atomic mass is 79.9. The number of hydrogen-bond donors (Lipinski definition) is 1. The maximum atomic E-state index is 12.0. The molecule has 0 bridgehead atoms. The first-order valence-corrected chi connectivity index (χ1v) is 8.27. The molecule has 1 N–H and O–H groups in total. The number of ether oxygens (including phenoxy) is 2. The van der Waals surface area contributed by atoms with Crippen LogP contribution in [0.1, 0.15) is 12.8 Å². The average molecular weight is 399 g/mol. The van der Waals surface area contributed by atoms with Crippen LogP contribution in [0.15, 0.2) is 46.9 Å². The third-order valence-electron chi connectivity index (χ3n) is 3.05. The van der Waals surface area contributed by atoms with Crippen molar-refractivity contribution < 1.29 is 14.3 Å². The Bertz CT molecular complexity index is 679. The molecule has 122 valence electrons. The minimum atomic E-state index is -0.108. The van der Waals surface area contributed by atoms with Crippen molar-refractivity contribution in [1.82, 2.24) is 0 Å². The largest absolute Gasteiger partial charge is 0.495 e. The van der Waals surface area contributed by atoms with Gasteiger partial charge in [-0.1, -0.05) is 33.6 Å². The molecular weight excluding hydrogens is 382 g/mol. The predicted octanol–water partition coefficient (Wildman–Crippen LogP) is 4.91. The minimum Gasteiger partial charge on any atom is -0.495 e. The fraction of sp³-hybridized carbons (Fsp3) is 0.235. The summed E-state index contributed by atoms with van der Waals surface area (Å²) in [6.45, 7) is 0.469. The minimum absolute atomic E-state index is 0.108. The standard InChI is InChI=1S/C17H17BrClNO3/c1-22-16-8-7-13(19)11-15(16)20-17(21)6-3-9-23-14-5-2-4-12(18)10-14/h2,4-5,7-8,10-11H,3,6,9H2,1H3,(H,20,21). The van der Waals surface area contributed by atoms with E-state index in [1.165, 1.54) is 0 Å². The van der Waals surface area contributed by atoms with Crippen molar-refractivity contribution in [1.29, 1.82) is 0 Å². The van der Waals surface area contributed by atoms with Crippen LogP contribution in [0.4, 0.5) is 5.69 Å². The van der Waals surface area contributed by atoms with E-state index >= 15 is 0 Å². The van der Waals surface area contributed by atoms with E-state index in [1.54, 1.807) is 25.3 Å². The molecular formula is C17H17BrClNO3. The van der Waals surface area contributed by atoms with Crippen LogP contribution in [0.3, 0.4) is 0 Å². The third kappa shape index (κ3) is 5.77. The Hall–Kier alpha value is -1.72. The summed E-state index contributed by atoms with van der Waals surface area (Å²) in [6.07, 6.45) is 0.963. The summed E-state index contributed by atoms with van der Waals surface area (Å²) in [7, 11) is 1.55. The highest BCUT2D eigenvalue weighted by Crippen LogP contribution is 2.27. The summed E-state index contributed by atoms with van der Waals surface area (Å²) in [5.41, 5.74) is 0.568. The second-order valence-corrected chi connectivity index (χ2v) is 6.15. The molecule has 0 fully saturated rings. The van der Waals surface area contributed by atoms with Gasteiger partial charge in [-0.3, -0.25) is 4.79 Å². The van der Waals surface area contributed by atoms with Gasteiger partial charge in [0.2, 0.25) is 5.91 Å². The molecule has 0 aliphatic rings. The van der Waals surface area contributed by atoms with E-state index in [1.807, 2.05) is 24.3 Å². The van der Waals surface area contributed by atoms with E-state index in [2.05, 4.69) is 21.2 Å². The van der Waals surface area contributed by atoms with Crippen molar-refractivity contribution in [2.75, 3.05) is 19.0 Å². The zero-order chi connectivity index (χ0) is 16.7. The van der Waals surface area contributed by atoms with Crippen molar-refractivity contribution in [3.8, 4) is 11.5 Å². The molecule has 23 heavy (non-hydrogen) atoms. The Balaban J connectivity index is 1.78. The van der Waals surface area contributed by atoms with Crippen LogP contribution >= 0.6 is 27.5 Å². The Morgan fingerprint density at radius 3 is 2.83 bits per heavy atom. The summed E-state index contributed by atoms with van der Waals surface area (Å²) in [5.74, 6) is 1.24. The lowest BCUT2D eigenvalue weighted by Crippen LogP contribution is -2.13. The highest BCUT2D eigenvalue weighted by Gasteiger charge is 2.08. The van der Waals surface area contributed by atoms with E-state index in [4.69, 9.17) is 21.1 Å². The molecule has 2 aromatic rings. The van der Waals surface area contributed by atoms with Gasteiger partial charge in [-0.25, -0.2) is 0 Å². The fourth-order valence-electron chi connectivity index (χ4n) is 1.97. The van der Waals surface area contributed by atoms with Crippen molar-refractivity contribution in [2.24, 2.45) is 0 Å². The lowest BCUT2D eigenvalue weighted by molar-refractivity contribution is -0.116. The molecule has 0 aliphatic carbocycles. The molecule has 0 saturated heterocycles. The number of hydrogen-bond acceptors (Lipinski definition) is 3. The first kappa shape index (κ1) is 17.6. The van der Waals surface area contributed by atoms with Gasteiger partial charge < -0.3 is 14.8 Å². The summed E-state index contributed by atoms with van der Waals surface area (Å²) >= 11 is 9.32. The normalized spacial score (nSPS) is 10.2. The second kappa shape index (κ2) is 8.79. The van der Waals surface area contributed by atoms with Crippen LogP contribution in [0.5, 0.6) is 11.5 Å². The number of nitrogens with one attached hydrogen (secondary N) is 1. The smallest absolute Gasteiger partial charge is 0.224 e. The molecule has 2 rings (SSSR count). The highest BCUT2D eigenvalue weighted by molar-refractivity contribution is 9.10. The summed E-state index contributed by atoms with van der Waals surface area (Å²) < 4.78 is 11.7. The third-order valence-corrected chi connectivity index (χ3v) is 3.78. The molecule has 0 spiro atoms. The summed E-state index contributed by atoms with van der Waals surface area (Å²) in [6, 6.07) is 12.7. The van der Waals surface area contributed by atoms with Crippen LogP contribution in [0.2, 0.25) is 5.02 Å². The van der Waals surface area contributed by atoms with Crippen molar-refractivity contribution >= 4 is 39.1 Å². The van der Waals surface area contributed by atoms with Gasteiger partial charge in [0.05, 0.1) is 19.4 Å². The molecule has 6 heteroatoms. The first-order valence-electron chi connectivity index (χ1n) is 7.10. The summed E-state index contributed by atoms with van der Waals surface area (Å²) in [5, 5.41) is 3.34. The van der Waals surface area contributed by atoms with Gasteiger partial charge in [0.1, 0.15) is 11.5 Å². The van der Waals surface area contributed by atoms with E-state index in [0.29, 0.717) is 35.9 Å². The molecule has 0 aliphatic heterocycles. The van der Waals surface area contributed by atoms with Crippen LogP contribution in [-0.2, 0) is 4.79 Å². The molecule has 0 atom stereocenters. The van der Waals surface area contributed by atoms with Gasteiger partial charge in [-0.2, -0.15) is 0 Å². The Morgan fingerprint density at radius 2 is 2.09 bits per heavy atom. The predicted molar refractivity (Wildman–Crippen MR) is 95.5 cm³/mol. The van der Waals surface area contributed by atoms with Crippen LogP contribution in [0.25, 0.3) is 0 Å². The average Bonchev–Trinajstić information content (AvgIpc) is 2.52. The number of benzene rings is 2. The number of carbonyl (C=O) groups excluding carboxylic acids is 1. The number of rotatable bonds is 7. The maximum absolute atomic E-state index is 12.0. The molecule has 0 unspecified atom stereocenters. The number of amides is 1. The van der Waals surface area contributed by atoms with Crippen LogP contribution in [-0.4, -0.2) is 19.6 Å². The molecule has 0 radical (unpaired) electrons. The van der Waals surface area contributed by atoms with Gasteiger partial charge in [-0.05, 0) is 42.8 Å². The molecule has 0 aromatic heterocycles. The lowest BCUT2D eigenvalue weighted by Gasteiger charge is -2.11. The van der Waals surface area contributed by atoms with Crippen molar-refractivity contribution in [2.45, 2.75) is 12.8 Å². The number of halogens is 2. The topological polar surface area (TPSA) is 47.6 Å². The van der Waals surface area contributed by atoms with Gasteiger partial charge in [0.15, 0.2) is 0 Å². The van der Waals surface area contributed by atoms with Gasteiger partial charge >= 0.3 is 0 Å². The molecule has 0 heterocycles. The van der Waals surface area contributed by atoms with Gasteiger partial charge in [0, 0.05) is 15.9 Å². The monoisotopic (exact) mass is 397 g/mol. The van der Waals surface area contributed by atoms with E-state index in [0.717, 1.165) is 10.2 Å². The molecule has 2 aromatic carbocycles. The maximum Gasteiger partial charge on any atom is 0.224 e. The zero-order valence-corrected chi connectivity index (χ0v) is 15.0. The number of anilines is 1. The Morgan fingerprint density at radius 1 is 1.26 bits per heavy atom. The van der Waals surface area contributed by atoms with Crippen LogP contribution < -0.4 is 14.8 Å². The Labute approximate surface area is 148 Å². The van der Waals surface area contributed by atoms with Gasteiger partial charge in [0.25, 0.3) is 0 Å². The van der Waals surface area contributed by atoms with Crippen molar-refractivity contribution in [3.05, 3.63) is 52.0 Å². The van der Waals surface area contributed by atoms with E-state index in [9.17, 15) is 4.79 Å². The summed E-state index contributed by atoms with van der Waals surface area (Å²) in [4.78, 5) is 12.0. The zero-order valence-electron chi connectivity index (χ0n) is 12.6. The first-order chi connectivity index (χ1) is 11.1. The fourth-order valence-corrected chi connectivity index (χ4v) is 2.52. The SMILES string of the molecule is COc1ccc(Cl)cc1NC(=O)CCCOc1cccc(Br)c1. The quantitative estimate of drug-likeness (QED) is 0.674. The van der Waals surface area contributed by atoms with E-state index in [-0.39, 0.29) is 5.91 Å². The number of methoxy groups -OCH3 is 1. The number of carbonyl (C=O) groups is 1. The van der Waals surface area contributed by atoms with Gasteiger partial charge in [-0.15, -0.1) is 0 Å². The van der Waals surface area contributed by atoms with E-state index < -0.39 is 0 Å². The lowest BCUT2D eigenvalue weighted by atomic mass is 10.2. The Kier molecular flexibility index (Phi) is 6.74. The molecule has 1 amide bonds. The molecule has 0 saturated carbocycles.